The summed E-state index contributed by atoms with van der Waals surface area (Å²) in [7, 11) is -1.01. The number of fused-ring (bicyclic) bond motifs is 2. The van der Waals surface area contributed by atoms with Crippen LogP contribution in [-0.4, -0.2) is 54.6 Å². The maximum Gasteiger partial charge on any atom is 0.229 e. The molecule has 2 aromatic rings. The summed E-state index contributed by atoms with van der Waals surface area (Å²) in [6, 6.07) is 6.20. The van der Waals surface area contributed by atoms with Crippen LogP contribution in [0.2, 0.25) is 0 Å². The van der Waals surface area contributed by atoms with Crippen molar-refractivity contribution in [3.63, 3.8) is 0 Å². The van der Waals surface area contributed by atoms with Gasteiger partial charge < -0.3 is 14.3 Å². The van der Waals surface area contributed by atoms with Gasteiger partial charge in [-0.3, -0.25) is 0 Å². The molecule has 1 aromatic carbocycles. The second kappa shape index (κ2) is 7.78. The van der Waals surface area contributed by atoms with Gasteiger partial charge in [-0.1, -0.05) is 0 Å². The minimum Gasteiger partial charge on any atom is -0.474 e. The fourth-order valence-corrected chi connectivity index (χ4v) is 6.58. The lowest BCUT2D eigenvalue weighted by Crippen LogP contribution is -2.44. The van der Waals surface area contributed by atoms with Gasteiger partial charge in [0.05, 0.1) is 15.7 Å². The van der Waals surface area contributed by atoms with Gasteiger partial charge in [0.1, 0.15) is 18.2 Å². The minimum absolute atomic E-state index is 0.156. The van der Waals surface area contributed by atoms with Crippen LogP contribution in [0.15, 0.2) is 29.4 Å². The Kier molecular flexibility index (Phi) is 5.21. The Hall–Kier alpha value is -2.13. The molecular weight excluding hydrogens is 413 g/mol. The Morgan fingerprint density at radius 1 is 1.03 bits per heavy atom. The lowest BCUT2D eigenvalue weighted by molar-refractivity contribution is 0.0918. The van der Waals surface area contributed by atoms with Crippen LogP contribution >= 0.6 is 0 Å². The number of ether oxygens (including phenoxy) is 2. The Bertz CT molecular complexity index is 1090. The molecule has 1 aliphatic carbocycles. The first-order chi connectivity index (χ1) is 14.8. The van der Waals surface area contributed by atoms with Crippen molar-refractivity contribution >= 4 is 17.8 Å². The second-order valence-electron chi connectivity index (χ2n) is 9.14. The van der Waals surface area contributed by atoms with Crippen LogP contribution in [0, 0.1) is 13.8 Å². The number of aromatic nitrogens is 2. The summed E-state index contributed by atoms with van der Waals surface area (Å²) >= 11 is 0. The van der Waals surface area contributed by atoms with E-state index < -0.39 is 9.84 Å². The third kappa shape index (κ3) is 3.93. The van der Waals surface area contributed by atoms with Crippen molar-refractivity contribution in [2.75, 3.05) is 0 Å². The van der Waals surface area contributed by atoms with E-state index in [1.165, 1.54) is 19.2 Å². The maximum atomic E-state index is 12.5. The minimum atomic E-state index is -3.22. The average Bonchev–Trinajstić information content (AvgIpc) is 3.56. The van der Waals surface area contributed by atoms with Crippen LogP contribution in [0.1, 0.15) is 49.7 Å². The van der Waals surface area contributed by atoms with Crippen molar-refractivity contribution in [1.82, 2.24) is 14.8 Å². The van der Waals surface area contributed by atoms with Crippen molar-refractivity contribution in [1.29, 1.82) is 0 Å². The highest BCUT2D eigenvalue weighted by Crippen LogP contribution is 2.38. The zero-order valence-electron chi connectivity index (χ0n) is 18.2. The van der Waals surface area contributed by atoms with E-state index in [9.17, 15) is 8.42 Å². The molecule has 3 aliphatic rings. The van der Waals surface area contributed by atoms with Gasteiger partial charge in [0, 0.05) is 12.1 Å². The second-order valence-corrected chi connectivity index (χ2v) is 11.4. The van der Waals surface area contributed by atoms with E-state index >= 15 is 0 Å². The van der Waals surface area contributed by atoms with Crippen LogP contribution in [0.4, 0.5) is 0 Å². The summed E-state index contributed by atoms with van der Waals surface area (Å²) in [5, 5.41) is -0.225. The summed E-state index contributed by atoms with van der Waals surface area (Å²) in [5.41, 5.74) is 1.51. The topological polar surface area (TPSA) is 81.6 Å². The molecule has 5 rings (SSSR count). The molecule has 9 heteroatoms. The number of aryl methyl sites for hydroxylation is 1. The van der Waals surface area contributed by atoms with Gasteiger partial charge in [-0.15, -0.1) is 0 Å². The largest absolute Gasteiger partial charge is 0.474 e. The molecule has 2 aliphatic heterocycles. The van der Waals surface area contributed by atoms with Gasteiger partial charge in [-0.2, -0.15) is 0 Å². The molecule has 0 radical (unpaired) electrons. The normalized spacial score (nSPS) is 26.1. The fourth-order valence-electron chi connectivity index (χ4n) is 4.84. The number of hydrogen-bond donors (Lipinski definition) is 0. The molecule has 164 valence electrons. The third-order valence-electron chi connectivity index (χ3n) is 6.97. The highest BCUT2D eigenvalue weighted by atomic mass is 32.2. The Morgan fingerprint density at radius 3 is 2.35 bits per heavy atom. The smallest absolute Gasteiger partial charge is 0.229 e. The van der Waals surface area contributed by atoms with Crippen LogP contribution in [0.3, 0.4) is 0 Å². The highest BCUT2D eigenvalue weighted by Gasteiger charge is 2.39. The number of piperidine rings is 1. The van der Waals surface area contributed by atoms with E-state index in [0.29, 0.717) is 34.5 Å². The Morgan fingerprint density at radius 2 is 1.71 bits per heavy atom. The van der Waals surface area contributed by atoms with E-state index in [1.807, 2.05) is 13.8 Å². The summed E-state index contributed by atoms with van der Waals surface area (Å²) < 4.78 is 37.3. The van der Waals surface area contributed by atoms with E-state index in [1.54, 1.807) is 18.2 Å². The van der Waals surface area contributed by atoms with Crippen molar-refractivity contribution in [2.45, 2.75) is 80.7 Å². The first-order valence-electron chi connectivity index (χ1n) is 11.1. The highest BCUT2D eigenvalue weighted by molar-refractivity contribution is 7.92. The molecular formula is C22H28BN3O4S. The first kappa shape index (κ1) is 20.8. The molecule has 2 saturated heterocycles. The van der Waals surface area contributed by atoms with Crippen LogP contribution < -0.4 is 9.47 Å². The number of nitrogens with zero attached hydrogens (tertiary/aromatic N) is 3. The molecule has 7 nitrogen and oxygen atoms in total. The lowest BCUT2D eigenvalue weighted by Gasteiger charge is -2.36. The monoisotopic (exact) mass is 441 g/mol. The number of sulfone groups is 1. The SMILES string of the molecule is BN1C2CC[C@H]1CC(Oc1ncnc(Oc3ccc(S(=O)(=O)C4CC4)cc3C)c1C)C2. The standard InChI is InChI=1S/C22H28BN3O4S/c1-13-9-19(31(27,28)18-5-6-18)7-8-20(13)30-22-14(2)21(24-12-25-22)29-17-10-15-3-4-16(11-17)26(15)23/h7-9,12,15-18H,3-6,10-11,23H2,1-2H3/t15-,16?,17?/m0/s1. The van der Waals surface area contributed by atoms with E-state index in [4.69, 9.17) is 9.47 Å². The zero-order chi connectivity index (χ0) is 21.8. The lowest BCUT2D eigenvalue weighted by atomic mass is 9.96. The van der Waals surface area contributed by atoms with E-state index in [2.05, 4.69) is 22.8 Å². The molecule has 2 bridgehead atoms. The summed E-state index contributed by atoms with van der Waals surface area (Å²) in [4.78, 5) is 11.5. The van der Waals surface area contributed by atoms with E-state index in [-0.39, 0.29) is 11.4 Å². The summed E-state index contributed by atoms with van der Waals surface area (Å²) in [6.45, 7) is 3.75. The molecule has 31 heavy (non-hydrogen) atoms. The van der Waals surface area contributed by atoms with Gasteiger partial charge in [0.25, 0.3) is 0 Å². The predicted molar refractivity (Wildman–Crippen MR) is 119 cm³/mol. The molecule has 0 amide bonds. The molecule has 1 saturated carbocycles. The zero-order valence-corrected chi connectivity index (χ0v) is 19.1. The van der Waals surface area contributed by atoms with Gasteiger partial charge in [-0.05, 0) is 76.1 Å². The molecule has 0 spiro atoms. The fraction of sp³-hybridized carbons (Fsp3) is 0.545. The van der Waals surface area contributed by atoms with Crippen LogP contribution in [0.25, 0.3) is 0 Å². The van der Waals surface area contributed by atoms with Gasteiger partial charge in [-0.25, -0.2) is 18.4 Å². The quantitative estimate of drug-likeness (QED) is 0.638. The predicted octanol–water partition coefficient (Wildman–Crippen LogP) is 2.74. The van der Waals surface area contributed by atoms with Crippen LogP contribution in [0.5, 0.6) is 17.5 Å². The third-order valence-corrected chi connectivity index (χ3v) is 9.23. The first-order valence-corrected chi connectivity index (χ1v) is 12.6. The number of benzene rings is 1. The average molecular weight is 441 g/mol. The van der Waals surface area contributed by atoms with E-state index in [0.717, 1.165) is 36.8 Å². The van der Waals surface area contributed by atoms with Crippen molar-refractivity contribution < 1.29 is 17.9 Å². The molecule has 3 heterocycles. The molecule has 3 atom stereocenters. The molecule has 0 N–H and O–H groups in total. The van der Waals surface area contributed by atoms with Crippen molar-refractivity contribution in [2.24, 2.45) is 0 Å². The molecule has 2 unspecified atom stereocenters. The molecule has 1 aromatic heterocycles. The number of rotatable bonds is 6. The Balaban J connectivity index is 1.32. The maximum absolute atomic E-state index is 12.5. The van der Waals surface area contributed by atoms with Gasteiger partial charge in [0.2, 0.25) is 11.8 Å². The van der Waals surface area contributed by atoms with Crippen molar-refractivity contribution in [3.05, 3.63) is 35.7 Å². The molecule has 3 fully saturated rings. The van der Waals surface area contributed by atoms with Gasteiger partial charge in [0.15, 0.2) is 17.8 Å². The summed E-state index contributed by atoms with van der Waals surface area (Å²) in [6.07, 6.45) is 7.63. The summed E-state index contributed by atoms with van der Waals surface area (Å²) in [5.74, 6) is 1.58. The van der Waals surface area contributed by atoms with Crippen LogP contribution in [-0.2, 0) is 9.84 Å². The van der Waals surface area contributed by atoms with Gasteiger partial charge >= 0.3 is 0 Å². The Labute approximate surface area is 184 Å². The number of hydrogen-bond acceptors (Lipinski definition) is 7. The van der Waals surface area contributed by atoms with Crippen molar-refractivity contribution in [3.8, 4) is 17.5 Å².